The Morgan fingerprint density at radius 1 is 0.376 bits per heavy atom. The van der Waals surface area contributed by atoms with Gasteiger partial charge in [-0.15, -0.1) is 0 Å². The molecule has 17 unspecified atom stereocenters. The van der Waals surface area contributed by atoms with E-state index in [0.717, 1.165) is 44.9 Å². The SMILES string of the molecule is CCCCCCC/C=C/CC/C=C/CC/C=C/C(O)C(COC1OC(CO)C(OC2OC(CO)C(OC3OC(CO)C(O)C(O)C3O)C(O)C2O)C(O)C1O)NC(=O)CCCCCCCCCCCCCCCCCCCCCCCCCCCCCCCCCCC. The summed E-state index contributed by atoms with van der Waals surface area (Å²) < 4.78 is 34.3. The van der Waals surface area contributed by atoms with Crippen molar-refractivity contribution < 1.29 is 89.4 Å². The van der Waals surface area contributed by atoms with Crippen molar-refractivity contribution in [3.8, 4) is 0 Å². The first-order valence-electron chi connectivity index (χ1n) is 37.7. The third-order valence-corrected chi connectivity index (χ3v) is 18.9. The Hall–Kier alpha value is -1.99. The molecule has 3 aliphatic heterocycles. The average molecular weight is 1330 g/mol. The van der Waals surface area contributed by atoms with Crippen LogP contribution in [0.25, 0.3) is 0 Å². The van der Waals surface area contributed by atoms with Gasteiger partial charge in [0.25, 0.3) is 0 Å². The van der Waals surface area contributed by atoms with Crippen LogP contribution in [0.5, 0.6) is 0 Å². The molecule has 1 amide bonds. The molecule has 19 heteroatoms. The topological polar surface area (TPSA) is 307 Å². The van der Waals surface area contributed by atoms with Crippen LogP contribution in [0.15, 0.2) is 36.5 Å². The Labute approximate surface area is 561 Å². The largest absolute Gasteiger partial charge is 0.394 e. The van der Waals surface area contributed by atoms with Gasteiger partial charge in [0.15, 0.2) is 18.9 Å². The minimum Gasteiger partial charge on any atom is -0.394 e. The lowest BCUT2D eigenvalue weighted by Gasteiger charge is -2.48. The molecule has 3 saturated heterocycles. The van der Waals surface area contributed by atoms with Gasteiger partial charge in [-0.25, -0.2) is 0 Å². The molecule has 12 N–H and O–H groups in total. The zero-order valence-corrected chi connectivity index (χ0v) is 58.0. The quantitative estimate of drug-likeness (QED) is 0.0199. The molecule has 93 heavy (non-hydrogen) atoms. The van der Waals surface area contributed by atoms with E-state index in [9.17, 15) is 61.0 Å². The molecular weight excluding hydrogens is 1190 g/mol. The van der Waals surface area contributed by atoms with Crippen LogP contribution in [-0.4, -0.2) is 193 Å². The van der Waals surface area contributed by atoms with Crippen molar-refractivity contribution in [1.82, 2.24) is 5.32 Å². The minimum atomic E-state index is -1.98. The Kier molecular flexibility index (Phi) is 51.2. The highest BCUT2D eigenvalue weighted by Crippen LogP contribution is 2.33. The van der Waals surface area contributed by atoms with Gasteiger partial charge in [-0.3, -0.25) is 4.79 Å². The van der Waals surface area contributed by atoms with E-state index in [-0.39, 0.29) is 18.9 Å². The third kappa shape index (κ3) is 37.1. The third-order valence-electron chi connectivity index (χ3n) is 18.9. The van der Waals surface area contributed by atoms with Crippen molar-refractivity contribution >= 4 is 5.91 Å². The number of amides is 1. The maximum atomic E-state index is 13.4. The van der Waals surface area contributed by atoms with Gasteiger partial charge in [0.1, 0.15) is 73.2 Å². The van der Waals surface area contributed by atoms with Crippen molar-refractivity contribution in [2.75, 3.05) is 26.4 Å². The maximum Gasteiger partial charge on any atom is 0.220 e. The molecule has 3 rings (SSSR count). The summed E-state index contributed by atoms with van der Waals surface area (Å²) in [7, 11) is 0. The number of ether oxygens (including phenoxy) is 6. The summed E-state index contributed by atoms with van der Waals surface area (Å²) in [4.78, 5) is 13.4. The molecule has 546 valence electrons. The van der Waals surface area contributed by atoms with E-state index in [4.69, 9.17) is 28.4 Å². The predicted molar refractivity (Wildman–Crippen MR) is 365 cm³/mol. The number of carbonyl (C=O) groups excluding carboxylic acids is 1. The first-order chi connectivity index (χ1) is 45.3. The van der Waals surface area contributed by atoms with Crippen molar-refractivity contribution in [2.45, 2.75) is 401 Å². The molecule has 3 fully saturated rings. The molecule has 0 spiro atoms. The molecule has 0 bridgehead atoms. The van der Waals surface area contributed by atoms with Gasteiger partial charge in [0.2, 0.25) is 5.91 Å². The fourth-order valence-corrected chi connectivity index (χ4v) is 12.8. The number of hydrogen-bond acceptors (Lipinski definition) is 18. The van der Waals surface area contributed by atoms with Crippen LogP contribution >= 0.6 is 0 Å². The number of unbranched alkanes of at least 4 members (excludes halogenated alkanes) is 39. The number of carbonyl (C=O) groups is 1. The number of nitrogens with one attached hydrogen (secondary N) is 1. The second-order valence-corrected chi connectivity index (χ2v) is 27.1. The Morgan fingerprint density at radius 2 is 0.688 bits per heavy atom. The normalized spacial score (nSPS) is 27.7. The first kappa shape index (κ1) is 85.2. The second kappa shape index (κ2) is 55.8. The van der Waals surface area contributed by atoms with Gasteiger partial charge in [-0.05, 0) is 44.9 Å². The maximum absolute atomic E-state index is 13.4. The summed E-state index contributed by atoms with van der Waals surface area (Å²) in [6.45, 7) is 1.72. The Bertz CT molecular complexity index is 1830. The zero-order chi connectivity index (χ0) is 67.5. The van der Waals surface area contributed by atoms with Crippen LogP contribution in [0.4, 0.5) is 0 Å². The molecule has 0 aromatic rings. The summed E-state index contributed by atoms with van der Waals surface area (Å²) in [6.07, 6.45) is 40.2. The molecule has 0 saturated carbocycles. The van der Waals surface area contributed by atoms with E-state index in [1.807, 2.05) is 6.08 Å². The van der Waals surface area contributed by atoms with E-state index in [2.05, 4.69) is 43.5 Å². The van der Waals surface area contributed by atoms with E-state index in [1.165, 1.54) is 218 Å². The first-order valence-corrected chi connectivity index (χ1v) is 37.7. The van der Waals surface area contributed by atoms with Gasteiger partial charge < -0.3 is 89.9 Å². The number of rotatable bonds is 59. The van der Waals surface area contributed by atoms with Gasteiger partial charge in [-0.2, -0.15) is 0 Å². The molecule has 19 nitrogen and oxygen atoms in total. The lowest BCUT2D eigenvalue weighted by Crippen LogP contribution is -2.66. The smallest absolute Gasteiger partial charge is 0.220 e. The van der Waals surface area contributed by atoms with Gasteiger partial charge in [0, 0.05) is 6.42 Å². The second-order valence-electron chi connectivity index (χ2n) is 27.1. The van der Waals surface area contributed by atoms with Crippen LogP contribution in [0.1, 0.15) is 296 Å². The average Bonchev–Trinajstić information content (AvgIpc) is 1.01. The molecule has 3 heterocycles. The van der Waals surface area contributed by atoms with E-state index < -0.39 is 124 Å². The van der Waals surface area contributed by atoms with Crippen molar-refractivity contribution in [3.05, 3.63) is 36.5 Å². The van der Waals surface area contributed by atoms with Crippen LogP contribution in [0.2, 0.25) is 0 Å². The molecule has 0 radical (unpaired) electrons. The summed E-state index contributed by atoms with van der Waals surface area (Å²) in [5.74, 6) is -0.285. The van der Waals surface area contributed by atoms with Crippen LogP contribution in [-0.2, 0) is 33.2 Å². The molecule has 3 aliphatic rings. The highest BCUT2D eigenvalue weighted by atomic mass is 16.8. The lowest BCUT2D eigenvalue weighted by atomic mass is 9.96. The molecular formula is C74H137NO18. The van der Waals surface area contributed by atoms with E-state index >= 15 is 0 Å². The molecule has 0 aliphatic carbocycles. The fourth-order valence-electron chi connectivity index (χ4n) is 12.8. The minimum absolute atomic E-state index is 0.236. The summed E-state index contributed by atoms with van der Waals surface area (Å²) >= 11 is 0. The fraction of sp³-hybridized carbons (Fsp3) is 0.905. The molecule has 0 aromatic heterocycles. The van der Waals surface area contributed by atoms with Crippen LogP contribution in [0.3, 0.4) is 0 Å². The van der Waals surface area contributed by atoms with Gasteiger partial charge in [-0.1, -0.05) is 281 Å². The summed E-state index contributed by atoms with van der Waals surface area (Å²) in [5, 5.41) is 120. The van der Waals surface area contributed by atoms with E-state index in [0.29, 0.717) is 12.8 Å². The number of hydrogen-bond donors (Lipinski definition) is 12. The van der Waals surface area contributed by atoms with E-state index in [1.54, 1.807) is 6.08 Å². The van der Waals surface area contributed by atoms with Crippen LogP contribution < -0.4 is 5.32 Å². The number of aliphatic hydroxyl groups is 11. The molecule has 0 aromatic carbocycles. The van der Waals surface area contributed by atoms with Crippen molar-refractivity contribution in [1.29, 1.82) is 0 Å². The van der Waals surface area contributed by atoms with Crippen LogP contribution in [0, 0.1) is 0 Å². The highest BCUT2D eigenvalue weighted by Gasteiger charge is 2.53. The van der Waals surface area contributed by atoms with Gasteiger partial charge >= 0.3 is 0 Å². The van der Waals surface area contributed by atoms with Gasteiger partial charge in [0.05, 0.1) is 38.6 Å². The lowest BCUT2D eigenvalue weighted by molar-refractivity contribution is -0.379. The predicted octanol–water partition coefficient (Wildman–Crippen LogP) is 11.2. The highest BCUT2D eigenvalue weighted by molar-refractivity contribution is 5.76. The number of allylic oxidation sites excluding steroid dienone is 5. The number of aliphatic hydroxyl groups excluding tert-OH is 11. The summed E-state index contributed by atoms with van der Waals surface area (Å²) in [5.41, 5.74) is 0. The summed E-state index contributed by atoms with van der Waals surface area (Å²) in [6, 6.07) is -0.994. The van der Waals surface area contributed by atoms with Crippen molar-refractivity contribution in [3.63, 3.8) is 0 Å². The standard InChI is InChI=1S/C74H137NO18/c1-3-5-7-9-11-13-15-17-19-20-21-22-23-24-25-26-27-28-29-30-31-32-33-34-35-36-38-40-42-44-46-48-50-52-62(80)75-57(58(79)51-49-47-45-43-41-39-37-18-16-14-12-10-8-6-4-2)56-88-72-68(86)65(83)70(60(54-77)90-72)93-74-69(87)66(84)71(61(55-78)91-74)92-73-67(85)64(82)63(81)59(53-76)89-73/h16,18,41,43,49,51,57-61,63-74,76-79,81-87H,3-15,17,19-40,42,44-48,50,52-56H2,1-2H3,(H,75,80)/b18-16+,43-41+,51-49+. The van der Waals surface area contributed by atoms with Crippen molar-refractivity contribution in [2.24, 2.45) is 0 Å². The molecule has 17 atom stereocenters. The zero-order valence-electron chi connectivity index (χ0n) is 58.0. The Morgan fingerprint density at radius 3 is 1.08 bits per heavy atom. The Balaban J connectivity index is 1.35. The monoisotopic (exact) mass is 1330 g/mol.